The maximum atomic E-state index is 12.6. The number of benzene rings is 1. The first kappa shape index (κ1) is 16.6. The molecule has 128 valence electrons. The fraction of sp³-hybridized carbons (Fsp3) is 0.222. The SMILES string of the molecule is COc1ccc(-c2onc(C)c2C(=O)NCc2cnc(C)cn2)cc1. The van der Waals surface area contributed by atoms with Crippen molar-refractivity contribution >= 4 is 5.91 Å². The summed E-state index contributed by atoms with van der Waals surface area (Å²) in [6.07, 6.45) is 3.30. The van der Waals surface area contributed by atoms with Crippen LogP contribution in [0.4, 0.5) is 0 Å². The first-order valence-corrected chi connectivity index (χ1v) is 7.75. The van der Waals surface area contributed by atoms with Crippen molar-refractivity contribution in [2.45, 2.75) is 20.4 Å². The minimum Gasteiger partial charge on any atom is -0.497 e. The highest BCUT2D eigenvalue weighted by Crippen LogP contribution is 2.27. The normalized spacial score (nSPS) is 10.5. The summed E-state index contributed by atoms with van der Waals surface area (Å²) in [4.78, 5) is 21.0. The van der Waals surface area contributed by atoms with Gasteiger partial charge in [-0.2, -0.15) is 0 Å². The standard InChI is InChI=1S/C18H18N4O3/c1-11-8-20-14(9-19-11)10-21-18(23)16-12(2)22-25-17(16)13-4-6-15(24-3)7-5-13/h4-9H,10H2,1-3H3,(H,21,23). The molecule has 2 aromatic heterocycles. The fourth-order valence-corrected chi connectivity index (χ4v) is 2.35. The summed E-state index contributed by atoms with van der Waals surface area (Å²) < 4.78 is 10.5. The number of hydrogen-bond acceptors (Lipinski definition) is 6. The highest BCUT2D eigenvalue weighted by molar-refractivity contribution is 6.00. The third kappa shape index (κ3) is 3.65. The zero-order chi connectivity index (χ0) is 17.8. The number of ether oxygens (including phenoxy) is 1. The number of aryl methyl sites for hydroxylation is 2. The Labute approximate surface area is 145 Å². The summed E-state index contributed by atoms with van der Waals surface area (Å²) in [7, 11) is 1.60. The first-order chi connectivity index (χ1) is 12.1. The predicted octanol–water partition coefficient (Wildman–Crippen LogP) is 2.69. The van der Waals surface area contributed by atoms with Gasteiger partial charge in [-0.25, -0.2) is 0 Å². The van der Waals surface area contributed by atoms with Gasteiger partial charge in [0.15, 0.2) is 5.76 Å². The van der Waals surface area contributed by atoms with Gasteiger partial charge in [-0.15, -0.1) is 0 Å². The van der Waals surface area contributed by atoms with Gasteiger partial charge in [0.25, 0.3) is 5.91 Å². The van der Waals surface area contributed by atoms with Crippen LogP contribution in [0, 0.1) is 13.8 Å². The van der Waals surface area contributed by atoms with Crippen molar-refractivity contribution in [2.24, 2.45) is 0 Å². The van der Waals surface area contributed by atoms with Gasteiger partial charge in [0.05, 0.1) is 36.9 Å². The highest BCUT2D eigenvalue weighted by atomic mass is 16.5. The molecule has 0 fully saturated rings. The smallest absolute Gasteiger partial charge is 0.257 e. The molecular weight excluding hydrogens is 320 g/mol. The minimum atomic E-state index is -0.271. The second-order valence-electron chi connectivity index (χ2n) is 5.53. The van der Waals surface area contributed by atoms with E-state index < -0.39 is 0 Å². The van der Waals surface area contributed by atoms with E-state index in [4.69, 9.17) is 9.26 Å². The Bertz CT molecular complexity index is 870. The molecule has 0 bridgehead atoms. The lowest BCUT2D eigenvalue weighted by atomic mass is 10.1. The van der Waals surface area contributed by atoms with Crippen LogP contribution in [0.2, 0.25) is 0 Å². The Morgan fingerprint density at radius 3 is 2.56 bits per heavy atom. The van der Waals surface area contributed by atoms with Crippen LogP contribution < -0.4 is 10.1 Å². The van der Waals surface area contributed by atoms with Gasteiger partial charge < -0.3 is 14.6 Å². The van der Waals surface area contributed by atoms with Crippen molar-refractivity contribution in [1.29, 1.82) is 0 Å². The molecule has 0 aliphatic rings. The van der Waals surface area contributed by atoms with Crippen molar-refractivity contribution in [3.05, 3.63) is 59.3 Å². The predicted molar refractivity (Wildman–Crippen MR) is 91.2 cm³/mol. The number of aromatic nitrogens is 3. The summed E-state index contributed by atoms with van der Waals surface area (Å²) in [5.74, 6) is 0.878. The maximum Gasteiger partial charge on any atom is 0.257 e. The van der Waals surface area contributed by atoms with Crippen molar-refractivity contribution in [2.75, 3.05) is 7.11 Å². The van der Waals surface area contributed by atoms with Crippen LogP contribution in [0.25, 0.3) is 11.3 Å². The Balaban J connectivity index is 1.80. The van der Waals surface area contributed by atoms with Crippen LogP contribution >= 0.6 is 0 Å². The van der Waals surface area contributed by atoms with E-state index in [0.717, 1.165) is 17.0 Å². The van der Waals surface area contributed by atoms with Crippen molar-refractivity contribution in [3.8, 4) is 17.1 Å². The van der Waals surface area contributed by atoms with Gasteiger partial charge >= 0.3 is 0 Å². The summed E-state index contributed by atoms with van der Waals surface area (Å²) in [6, 6.07) is 7.25. The lowest BCUT2D eigenvalue weighted by Crippen LogP contribution is -2.24. The molecular formula is C18H18N4O3. The number of hydrogen-bond donors (Lipinski definition) is 1. The monoisotopic (exact) mass is 338 g/mol. The molecule has 3 rings (SSSR count). The Morgan fingerprint density at radius 2 is 1.92 bits per heavy atom. The summed E-state index contributed by atoms with van der Waals surface area (Å²) in [5, 5.41) is 6.76. The van der Waals surface area contributed by atoms with E-state index in [0.29, 0.717) is 22.7 Å². The molecule has 0 radical (unpaired) electrons. The average molecular weight is 338 g/mol. The second kappa shape index (κ2) is 7.12. The van der Waals surface area contributed by atoms with Gasteiger partial charge in [0.1, 0.15) is 11.3 Å². The van der Waals surface area contributed by atoms with Gasteiger partial charge in [-0.05, 0) is 38.1 Å². The molecule has 3 aromatic rings. The Hall–Kier alpha value is -3.22. The van der Waals surface area contributed by atoms with Crippen LogP contribution in [0.15, 0.2) is 41.2 Å². The van der Waals surface area contributed by atoms with Gasteiger partial charge in [0, 0.05) is 11.8 Å². The Morgan fingerprint density at radius 1 is 1.16 bits per heavy atom. The minimum absolute atomic E-state index is 0.271. The summed E-state index contributed by atoms with van der Waals surface area (Å²) >= 11 is 0. The second-order valence-corrected chi connectivity index (χ2v) is 5.53. The molecule has 0 saturated carbocycles. The van der Waals surface area contributed by atoms with Crippen LogP contribution in [-0.4, -0.2) is 28.1 Å². The zero-order valence-electron chi connectivity index (χ0n) is 14.2. The van der Waals surface area contributed by atoms with E-state index in [1.165, 1.54) is 0 Å². The van der Waals surface area contributed by atoms with Gasteiger partial charge in [0.2, 0.25) is 0 Å². The topological polar surface area (TPSA) is 90.1 Å². The zero-order valence-corrected chi connectivity index (χ0v) is 14.2. The number of carbonyl (C=O) groups excluding carboxylic acids is 1. The van der Waals surface area contributed by atoms with Crippen molar-refractivity contribution < 1.29 is 14.1 Å². The third-order valence-electron chi connectivity index (χ3n) is 3.71. The van der Waals surface area contributed by atoms with E-state index in [-0.39, 0.29) is 12.5 Å². The van der Waals surface area contributed by atoms with Crippen LogP contribution in [0.1, 0.15) is 27.4 Å². The lowest BCUT2D eigenvalue weighted by Gasteiger charge is -2.06. The van der Waals surface area contributed by atoms with Crippen LogP contribution in [0.3, 0.4) is 0 Å². The molecule has 0 aliphatic carbocycles. The van der Waals surface area contributed by atoms with E-state index in [1.807, 2.05) is 19.1 Å². The summed E-state index contributed by atoms with van der Waals surface area (Å²) in [6.45, 7) is 3.87. The number of methoxy groups -OCH3 is 1. The highest BCUT2D eigenvalue weighted by Gasteiger charge is 2.21. The Kier molecular flexibility index (Phi) is 4.74. The van der Waals surface area contributed by atoms with Gasteiger partial charge in [-0.3, -0.25) is 14.8 Å². The van der Waals surface area contributed by atoms with Crippen molar-refractivity contribution in [1.82, 2.24) is 20.4 Å². The number of nitrogens with zero attached hydrogens (tertiary/aromatic N) is 3. The lowest BCUT2D eigenvalue weighted by molar-refractivity contribution is 0.0950. The third-order valence-corrected chi connectivity index (χ3v) is 3.71. The summed E-state index contributed by atoms with van der Waals surface area (Å²) in [5.41, 5.74) is 3.19. The molecule has 7 nitrogen and oxygen atoms in total. The largest absolute Gasteiger partial charge is 0.497 e. The van der Waals surface area contributed by atoms with Gasteiger partial charge in [-0.1, -0.05) is 5.16 Å². The molecule has 7 heteroatoms. The van der Waals surface area contributed by atoms with E-state index in [1.54, 1.807) is 38.6 Å². The average Bonchev–Trinajstić information content (AvgIpc) is 3.02. The number of nitrogens with one attached hydrogen (secondary N) is 1. The van der Waals surface area contributed by atoms with Crippen LogP contribution in [-0.2, 0) is 6.54 Å². The molecule has 1 N–H and O–H groups in total. The molecule has 0 unspecified atom stereocenters. The molecule has 0 aliphatic heterocycles. The molecule has 0 spiro atoms. The molecule has 1 aromatic carbocycles. The maximum absolute atomic E-state index is 12.6. The number of carbonyl (C=O) groups is 1. The molecule has 2 heterocycles. The molecule has 1 amide bonds. The number of rotatable bonds is 5. The van der Waals surface area contributed by atoms with E-state index in [2.05, 4.69) is 20.4 Å². The fourth-order valence-electron chi connectivity index (χ4n) is 2.35. The first-order valence-electron chi connectivity index (χ1n) is 7.75. The quantitative estimate of drug-likeness (QED) is 0.769. The number of amides is 1. The molecule has 0 atom stereocenters. The molecule has 25 heavy (non-hydrogen) atoms. The van der Waals surface area contributed by atoms with Crippen molar-refractivity contribution in [3.63, 3.8) is 0 Å². The van der Waals surface area contributed by atoms with E-state index >= 15 is 0 Å². The molecule has 0 saturated heterocycles. The van der Waals surface area contributed by atoms with Crippen LogP contribution in [0.5, 0.6) is 5.75 Å². The van der Waals surface area contributed by atoms with E-state index in [9.17, 15) is 4.79 Å².